The molecule has 34 heavy (non-hydrogen) atoms. The van der Waals surface area contributed by atoms with Crippen LogP contribution in [0.1, 0.15) is 42.4 Å². The van der Waals surface area contributed by atoms with Gasteiger partial charge in [0.25, 0.3) is 0 Å². The molecule has 0 aromatic carbocycles. The Balaban J connectivity index is 1.54. The van der Waals surface area contributed by atoms with Crippen molar-refractivity contribution in [2.45, 2.75) is 43.7 Å². The Morgan fingerprint density at radius 2 is 1.62 bits per heavy atom. The third-order valence-corrected chi connectivity index (χ3v) is 7.03. The summed E-state index contributed by atoms with van der Waals surface area (Å²) in [6.07, 6.45) is -6.16. The second kappa shape index (κ2) is 8.24. The number of piperazine rings is 1. The van der Waals surface area contributed by atoms with Gasteiger partial charge in [0.05, 0.1) is 11.6 Å². The number of piperidine rings is 1. The fourth-order valence-electron chi connectivity index (χ4n) is 5.33. The van der Waals surface area contributed by atoms with E-state index in [-0.39, 0.29) is 23.8 Å². The van der Waals surface area contributed by atoms with E-state index in [9.17, 15) is 26.3 Å². The minimum absolute atomic E-state index is 0.0402. The SMILES string of the molecule is CN1CCN(c2ccnc([C@@H]3[C@H]4CC[C@H](C4)N3c3cc(C(F)(F)F)cc(C(F)(F)F)n3)n2)CC1. The van der Waals surface area contributed by atoms with Gasteiger partial charge in [0, 0.05) is 38.4 Å². The third-order valence-electron chi connectivity index (χ3n) is 7.03. The predicted molar refractivity (Wildman–Crippen MR) is 112 cm³/mol. The van der Waals surface area contributed by atoms with Crippen LogP contribution in [0.3, 0.4) is 0 Å². The lowest BCUT2D eigenvalue weighted by Gasteiger charge is -2.37. The van der Waals surface area contributed by atoms with Crippen LogP contribution < -0.4 is 9.80 Å². The topological polar surface area (TPSA) is 48.4 Å². The smallest absolute Gasteiger partial charge is 0.354 e. The fourth-order valence-corrected chi connectivity index (χ4v) is 5.33. The molecule has 3 fully saturated rings. The molecule has 6 nitrogen and oxygen atoms in total. The summed E-state index contributed by atoms with van der Waals surface area (Å²) in [5, 5.41) is 0. The van der Waals surface area contributed by atoms with E-state index in [1.807, 2.05) is 7.05 Å². The zero-order valence-electron chi connectivity index (χ0n) is 18.4. The van der Waals surface area contributed by atoms with Crippen molar-refractivity contribution >= 4 is 11.6 Å². The Kier molecular flexibility index (Phi) is 5.61. The molecule has 0 radical (unpaired) electrons. The molecule has 12 heteroatoms. The largest absolute Gasteiger partial charge is 0.433 e. The Hall–Kier alpha value is -2.63. The molecule has 2 aliphatic heterocycles. The molecule has 1 aliphatic carbocycles. The lowest BCUT2D eigenvalue weighted by Crippen LogP contribution is -2.45. The minimum Gasteiger partial charge on any atom is -0.354 e. The van der Waals surface area contributed by atoms with Gasteiger partial charge in [-0.3, -0.25) is 0 Å². The first-order chi connectivity index (χ1) is 16.0. The van der Waals surface area contributed by atoms with Gasteiger partial charge in [0.2, 0.25) is 0 Å². The van der Waals surface area contributed by atoms with E-state index in [1.165, 1.54) is 0 Å². The summed E-state index contributed by atoms with van der Waals surface area (Å²) in [7, 11) is 2.03. The van der Waals surface area contributed by atoms with Gasteiger partial charge in [-0.25, -0.2) is 15.0 Å². The van der Waals surface area contributed by atoms with Crippen LogP contribution in [0.4, 0.5) is 38.0 Å². The first-order valence-corrected chi connectivity index (χ1v) is 11.2. The maximum atomic E-state index is 13.5. The quantitative estimate of drug-likeness (QED) is 0.600. The van der Waals surface area contributed by atoms with Gasteiger partial charge in [-0.15, -0.1) is 0 Å². The number of hydrogen-bond acceptors (Lipinski definition) is 6. The molecule has 0 amide bonds. The molecular formula is C22H24F6N6. The Morgan fingerprint density at radius 3 is 2.29 bits per heavy atom. The highest BCUT2D eigenvalue weighted by molar-refractivity contribution is 5.50. The van der Waals surface area contributed by atoms with Gasteiger partial charge in [-0.1, -0.05) is 0 Å². The van der Waals surface area contributed by atoms with Crippen molar-refractivity contribution in [2.75, 3.05) is 43.0 Å². The van der Waals surface area contributed by atoms with Gasteiger partial charge < -0.3 is 14.7 Å². The van der Waals surface area contributed by atoms with Crippen LogP contribution in [0.25, 0.3) is 0 Å². The summed E-state index contributed by atoms with van der Waals surface area (Å²) in [5.41, 5.74) is -2.91. The number of pyridine rings is 1. The van der Waals surface area contributed by atoms with E-state index in [1.54, 1.807) is 17.2 Å². The second-order valence-corrected chi connectivity index (χ2v) is 9.24. The van der Waals surface area contributed by atoms with Crippen LogP contribution in [0, 0.1) is 5.92 Å². The van der Waals surface area contributed by atoms with Crippen molar-refractivity contribution in [3.8, 4) is 0 Å². The summed E-state index contributed by atoms with van der Waals surface area (Å²) < 4.78 is 80.7. The van der Waals surface area contributed by atoms with Gasteiger partial charge in [-0.05, 0) is 50.4 Å². The highest BCUT2D eigenvalue weighted by atomic mass is 19.4. The summed E-state index contributed by atoms with van der Waals surface area (Å²) in [6.45, 7) is 3.29. The van der Waals surface area contributed by atoms with E-state index in [4.69, 9.17) is 4.98 Å². The predicted octanol–water partition coefficient (Wildman–Crippen LogP) is 4.39. The van der Waals surface area contributed by atoms with E-state index in [0.717, 1.165) is 32.6 Å². The standard InChI is InChI=1S/C22H24F6N6/c1-32-6-8-33(9-7-32)17-4-5-29-20(31-17)19-13-2-3-15(10-13)34(19)18-12-14(21(23,24)25)11-16(30-18)22(26,27)28/h4-5,11-13,15,19H,2-3,6-10H2,1H3/t13-,15+,19-/m0/s1. The highest BCUT2D eigenvalue weighted by Crippen LogP contribution is 2.52. The van der Waals surface area contributed by atoms with E-state index in [0.29, 0.717) is 30.6 Å². The van der Waals surface area contributed by atoms with Gasteiger partial charge in [0.1, 0.15) is 17.3 Å². The number of rotatable bonds is 3. The molecule has 5 rings (SSSR count). The van der Waals surface area contributed by atoms with Gasteiger partial charge >= 0.3 is 12.4 Å². The minimum atomic E-state index is -5.00. The molecule has 1 saturated carbocycles. The monoisotopic (exact) mass is 486 g/mol. The molecule has 3 atom stereocenters. The highest BCUT2D eigenvalue weighted by Gasteiger charge is 2.50. The van der Waals surface area contributed by atoms with Crippen molar-refractivity contribution in [1.29, 1.82) is 0 Å². The molecule has 2 aromatic rings. The van der Waals surface area contributed by atoms with Crippen LogP contribution in [0.2, 0.25) is 0 Å². The summed E-state index contributed by atoms with van der Waals surface area (Å²) in [5.74, 6) is 0.844. The number of anilines is 2. The third kappa shape index (κ3) is 4.27. The van der Waals surface area contributed by atoms with Crippen molar-refractivity contribution in [3.05, 3.63) is 41.5 Å². The molecule has 2 aromatic heterocycles. The normalized spacial score (nSPS) is 25.9. The Labute approximate surface area is 192 Å². The molecule has 0 spiro atoms. The van der Waals surface area contributed by atoms with Crippen LogP contribution in [-0.4, -0.2) is 59.1 Å². The number of aromatic nitrogens is 3. The van der Waals surface area contributed by atoms with Gasteiger partial charge in [-0.2, -0.15) is 26.3 Å². The van der Waals surface area contributed by atoms with Crippen LogP contribution >= 0.6 is 0 Å². The van der Waals surface area contributed by atoms with Crippen LogP contribution in [0.15, 0.2) is 24.4 Å². The van der Waals surface area contributed by atoms with Crippen molar-refractivity contribution in [3.63, 3.8) is 0 Å². The second-order valence-electron chi connectivity index (χ2n) is 9.24. The number of hydrogen-bond donors (Lipinski definition) is 0. The number of nitrogens with zero attached hydrogens (tertiary/aromatic N) is 6. The fraction of sp³-hybridized carbons (Fsp3) is 0.591. The summed E-state index contributed by atoms with van der Waals surface area (Å²) in [4.78, 5) is 18.7. The molecule has 2 bridgehead atoms. The zero-order valence-corrected chi connectivity index (χ0v) is 18.4. The van der Waals surface area contributed by atoms with E-state index >= 15 is 0 Å². The van der Waals surface area contributed by atoms with Crippen LogP contribution in [0.5, 0.6) is 0 Å². The van der Waals surface area contributed by atoms with Crippen molar-refractivity contribution in [2.24, 2.45) is 5.92 Å². The number of alkyl halides is 6. The van der Waals surface area contributed by atoms with E-state index < -0.39 is 29.7 Å². The molecule has 0 unspecified atom stereocenters. The molecule has 184 valence electrons. The van der Waals surface area contributed by atoms with Crippen molar-refractivity contribution in [1.82, 2.24) is 19.9 Å². The van der Waals surface area contributed by atoms with E-state index in [2.05, 4.69) is 19.8 Å². The number of likely N-dealkylation sites (N-methyl/N-ethyl adjacent to an activating group) is 1. The van der Waals surface area contributed by atoms with Crippen molar-refractivity contribution < 1.29 is 26.3 Å². The first kappa shape index (κ1) is 23.1. The molecule has 4 heterocycles. The maximum absolute atomic E-state index is 13.5. The summed E-state index contributed by atoms with van der Waals surface area (Å²) >= 11 is 0. The Morgan fingerprint density at radius 1 is 0.882 bits per heavy atom. The Bertz CT molecular complexity index is 1020. The average Bonchev–Trinajstić information content (AvgIpc) is 3.40. The lowest BCUT2D eigenvalue weighted by atomic mass is 9.97. The first-order valence-electron chi connectivity index (χ1n) is 11.2. The molecule has 3 aliphatic rings. The zero-order chi connectivity index (χ0) is 24.3. The summed E-state index contributed by atoms with van der Waals surface area (Å²) in [6, 6.07) is 1.84. The number of halogens is 6. The molecular weight excluding hydrogens is 462 g/mol. The van der Waals surface area contributed by atoms with Gasteiger partial charge in [0.15, 0.2) is 5.82 Å². The average molecular weight is 486 g/mol. The lowest BCUT2D eigenvalue weighted by molar-refractivity contribution is -0.145. The number of fused-ring (bicyclic) bond motifs is 2. The molecule has 2 saturated heterocycles. The maximum Gasteiger partial charge on any atom is 0.433 e. The molecule has 0 N–H and O–H groups in total. The van der Waals surface area contributed by atoms with Crippen LogP contribution in [-0.2, 0) is 12.4 Å².